The van der Waals surface area contributed by atoms with Crippen molar-refractivity contribution in [1.82, 2.24) is 9.80 Å². The van der Waals surface area contributed by atoms with Gasteiger partial charge in [0.15, 0.2) is 5.41 Å². The zero-order chi connectivity index (χ0) is 16.4. The summed E-state index contributed by atoms with van der Waals surface area (Å²) in [4.78, 5) is 25.9. The van der Waals surface area contributed by atoms with E-state index in [2.05, 4.69) is 0 Å². The van der Waals surface area contributed by atoms with Crippen LogP contribution in [-0.2, 0) is 4.79 Å². The Balaban J connectivity index is 2.94. The topological polar surface area (TPSA) is 60.9 Å². The number of carbonyl (C=O) groups excluding carboxylic acids is 1. The fourth-order valence-corrected chi connectivity index (χ4v) is 2.50. The van der Waals surface area contributed by atoms with E-state index in [1.54, 1.807) is 13.8 Å². The van der Waals surface area contributed by atoms with Crippen molar-refractivity contribution < 1.29 is 27.9 Å². The first-order valence-electron chi connectivity index (χ1n) is 6.92. The van der Waals surface area contributed by atoms with Crippen LogP contribution in [0.3, 0.4) is 0 Å². The maximum Gasteiger partial charge on any atom is 0.406 e. The number of amides is 2. The van der Waals surface area contributed by atoms with Crippen LogP contribution in [0.4, 0.5) is 18.0 Å². The van der Waals surface area contributed by atoms with E-state index in [1.165, 1.54) is 4.90 Å². The standard InChI is InChI=1S/C13H21F3N2O3/c1-4-6-18(9(2)3)11(21)17-7-5-12(8-17,10(19)20)13(14,15)16/h9H,4-8H2,1-3H3,(H,19,20). The Morgan fingerprint density at radius 3 is 2.29 bits per heavy atom. The predicted octanol–water partition coefficient (Wildman–Crippen LogP) is 2.57. The minimum absolute atomic E-state index is 0.150. The van der Waals surface area contributed by atoms with Crippen molar-refractivity contribution in [1.29, 1.82) is 0 Å². The first kappa shape index (κ1) is 17.6. The molecule has 122 valence electrons. The molecule has 0 aromatic carbocycles. The first-order valence-corrected chi connectivity index (χ1v) is 6.92. The molecule has 0 saturated carbocycles. The summed E-state index contributed by atoms with van der Waals surface area (Å²) in [5, 5.41) is 8.98. The lowest BCUT2D eigenvalue weighted by atomic mass is 9.86. The fraction of sp³-hybridized carbons (Fsp3) is 0.846. The van der Waals surface area contributed by atoms with Gasteiger partial charge in [0.1, 0.15) is 0 Å². The van der Waals surface area contributed by atoms with Gasteiger partial charge in [0.25, 0.3) is 0 Å². The molecule has 1 rings (SSSR count). The minimum atomic E-state index is -4.87. The lowest BCUT2D eigenvalue weighted by molar-refractivity contribution is -0.227. The van der Waals surface area contributed by atoms with E-state index in [0.717, 1.165) is 4.90 Å². The summed E-state index contributed by atoms with van der Waals surface area (Å²) in [6, 6.07) is -0.678. The first-order chi connectivity index (χ1) is 9.56. The number of hydrogen-bond acceptors (Lipinski definition) is 2. The summed E-state index contributed by atoms with van der Waals surface area (Å²) in [6.07, 6.45) is -4.79. The van der Waals surface area contributed by atoms with Crippen LogP contribution in [0, 0.1) is 5.41 Å². The quantitative estimate of drug-likeness (QED) is 0.868. The van der Waals surface area contributed by atoms with Crippen LogP contribution in [0.2, 0.25) is 0 Å². The molecule has 0 aromatic heterocycles. The summed E-state index contributed by atoms with van der Waals surface area (Å²) in [5.41, 5.74) is -2.85. The van der Waals surface area contributed by atoms with Crippen molar-refractivity contribution in [3.8, 4) is 0 Å². The Hall–Kier alpha value is -1.47. The van der Waals surface area contributed by atoms with Crippen molar-refractivity contribution in [2.75, 3.05) is 19.6 Å². The molecule has 1 saturated heterocycles. The predicted molar refractivity (Wildman–Crippen MR) is 69.8 cm³/mol. The Bertz CT molecular complexity index is 412. The molecule has 1 fully saturated rings. The van der Waals surface area contributed by atoms with E-state index in [1.807, 2.05) is 6.92 Å². The lowest BCUT2D eigenvalue weighted by Crippen LogP contribution is -2.50. The van der Waals surface area contributed by atoms with Crippen LogP contribution >= 0.6 is 0 Å². The lowest BCUT2D eigenvalue weighted by Gasteiger charge is -2.32. The van der Waals surface area contributed by atoms with Crippen LogP contribution < -0.4 is 0 Å². The molecule has 0 aliphatic carbocycles. The summed E-state index contributed by atoms with van der Waals surface area (Å²) in [6.45, 7) is 4.83. The normalized spacial score (nSPS) is 22.7. The molecule has 1 unspecified atom stereocenters. The SMILES string of the molecule is CCCN(C(=O)N1CCC(C(=O)O)(C(F)(F)F)C1)C(C)C. The number of carboxylic acids is 1. The van der Waals surface area contributed by atoms with E-state index in [-0.39, 0.29) is 12.6 Å². The minimum Gasteiger partial charge on any atom is -0.481 e. The Labute approximate surface area is 121 Å². The number of aliphatic carboxylic acids is 1. The molecule has 0 spiro atoms. The Kier molecular flexibility index (Phi) is 5.11. The summed E-state index contributed by atoms with van der Waals surface area (Å²) < 4.78 is 39.2. The van der Waals surface area contributed by atoms with Crippen LogP contribution in [0.15, 0.2) is 0 Å². The number of carbonyl (C=O) groups is 2. The van der Waals surface area contributed by atoms with Gasteiger partial charge in [-0.1, -0.05) is 6.92 Å². The molecule has 21 heavy (non-hydrogen) atoms. The third kappa shape index (κ3) is 3.24. The van der Waals surface area contributed by atoms with Gasteiger partial charge in [-0.15, -0.1) is 0 Å². The van der Waals surface area contributed by atoms with Crippen LogP contribution in [0.25, 0.3) is 0 Å². The molecule has 1 N–H and O–H groups in total. The molecule has 2 amide bonds. The Morgan fingerprint density at radius 1 is 1.38 bits per heavy atom. The highest BCUT2D eigenvalue weighted by molar-refractivity contribution is 5.80. The second kappa shape index (κ2) is 6.11. The van der Waals surface area contributed by atoms with E-state index >= 15 is 0 Å². The zero-order valence-electron chi connectivity index (χ0n) is 12.4. The summed E-state index contributed by atoms with van der Waals surface area (Å²) >= 11 is 0. The monoisotopic (exact) mass is 310 g/mol. The number of nitrogens with zero attached hydrogens (tertiary/aromatic N) is 2. The number of likely N-dealkylation sites (tertiary alicyclic amines) is 1. The van der Waals surface area contributed by atoms with Gasteiger partial charge in [0.2, 0.25) is 0 Å². The van der Waals surface area contributed by atoms with Crippen molar-refractivity contribution in [3.05, 3.63) is 0 Å². The van der Waals surface area contributed by atoms with Crippen molar-refractivity contribution in [2.45, 2.75) is 45.8 Å². The van der Waals surface area contributed by atoms with E-state index in [0.29, 0.717) is 13.0 Å². The summed E-state index contributed by atoms with van der Waals surface area (Å²) in [7, 11) is 0. The average molecular weight is 310 g/mol. The molecular weight excluding hydrogens is 289 g/mol. The van der Waals surface area contributed by atoms with Gasteiger partial charge in [-0.2, -0.15) is 13.2 Å². The molecule has 8 heteroatoms. The van der Waals surface area contributed by atoms with Crippen molar-refractivity contribution >= 4 is 12.0 Å². The third-order valence-electron chi connectivity index (χ3n) is 3.83. The average Bonchev–Trinajstić information content (AvgIpc) is 2.80. The van der Waals surface area contributed by atoms with Gasteiger partial charge in [-0.25, -0.2) is 4.79 Å². The molecular formula is C13H21F3N2O3. The van der Waals surface area contributed by atoms with Gasteiger partial charge < -0.3 is 14.9 Å². The highest BCUT2D eigenvalue weighted by Gasteiger charge is 2.64. The highest BCUT2D eigenvalue weighted by atomic mass is 19.4. The number of rotatable bonds is 4. The molecule has 1 aliphatic heterocycles. The highest BCUT2D eigenvalue weighted by Crippen LogP contribution is 2.45. The van der Waals surface area contributed by atoms with E-state index in [4.69, 9.17) is 5.11 Å². The molecule has 1 heterocycles. The van der Waals surface area contributed by atoms with Crippen molar-refractivity contribution in [3.63, 3.8) is 0 Å². The summed E-state index contributed by atoms with van der Waals surface area (Å²) in [5.74, 6) is -1.92. The fourth-order valence-electron chi connectivity index (χ4n) is 2.50. The zero-order valence-corrected chi connectivity index (χ0v) is 12.4. The third-order valence-corrected chi connectivity index (χ3v) is 3.83. The maximum absolute atomic E-state index is 13.1. The molecule has 0 radical (unpaired) electrons. The second-order valence-corrected chi connectivity index (χ2v) is 5.63. The van der Waals surface area contributed by atoms with Gasteiger partial charge in [0, 0.05) is 25.7 Å². The maximum atomic E-state index is 13.1. The van der Waals surface area contributed by atoms with Crippen LogP contribution in [-0.4, -0.2) is 58.8 Å². The smallest absolute Gasteiger partial charge is 0.406 e. The van der Waals surface area contributed by atoms with Gasteiger partial charge in [-0.3, -0.25) is 4.79 Å². The molecule has 5 nitrogen and oxygen atoms in total. The Morgan fingerprint density at radius 2 is 1.95 bits per heavy atom. The molecule has 1 aliphatic rings. The van der Waals surface area contributed by atoms with Crippen LogP contribution in [0.1, 0.15) is 33.6 Å². The molecule has 0 bridgehead atoms. The second-order valence-electron chi connectivity index (χ2n) is 5.63. The van der Waals surface area contributed by atoms with Gasteiger partial charge >= 0.3 is 18.2 Å². The largest absolute Gasteiger partial charge is 0.481 e. The number of carboxylic acid groups (broad SMARTS) is 1. The van der Waals surface area contributed by atoms with Crippen LogP contribution in [0.5, 0.6) is 0 Å². The van der Waals surface area contributed by atoms with E-state index in [9.17, 15) is 22.8 Å². The number of hydrogen-bond donors (Lipinski definition) is 1. The molecule has 1 atom stereocenters. The number of urea groups is 1. The molecule has 0 aromatic rings. The number of alkyl halides is 3. The van der Waals surface area contributed by atoms with Gasteiger partial charge in [-0.05, 0) is 26.7 Å². The van der Waals surface area contributed by atoms with Crippen molar-refractivity contribution in [2.24, 2.45) is 5.41 Å². The van der Waals surface area contributed by atoms with Gasteiger partial charge in [0.05, 0.1) is 0 Å². The van der Waals surface area contributed by atoms with E-state index < -0.39 is 36.6 Å². The number of halogens is 3.